The van der Waals surface area contributed by atoms with Crippen LogP contribution in [0, 0.1) is 11.3 Å². The van der Waals surface area contributed by atoms with Gasteiger partial charge in [0.2, 0.25) is 5.91 Å². The molecule has 0 aromatic heterocycles. The number of nitriles is 1. The lowest BCUT2D eigenvalue weighted by Gasteiger charge is -2.38. The predicted octanol–water partition coefficient (Wildman–Crippen LogP) is 0.816. The Bertz CT molecular complexity index is 314. The number of nitrogens with zero attached hydrogens (tertiary/aromatic N) is 2. The molecule has 1 N–H and O–H groups in total. The minimum absolute atomic E-state index is 0.170. The molecule has 0 aromatic rings. The number of carbonyl (C=O) groups excluding carboxylic acids is 1. The maximum absolute atomic E-state index is 12.4. The minimum Gasteiger partial charge on any atom is -0.380 e. The van der Waals surface area contributed by atoms with Crippen LogP contribution in [0.2, 0.25) is 0 Å². The van der Waals surface area contributed by atoms with E-state index in [1.54, 1.807) is 6.07 Å². The smallest absolute Gasteiger partial charge is 0.380 e. The Kier molecular flexibility index (Phi) is 3.43. The zero-order valence-corrected chi connectivity index (χ0v) is 8.42. The number of hydrogen-bond acceptors (Lipinski definition) is 3. The number of carbonyl (C=O) groups is 1. The lowest BCUT2D eigenvalue weighted by molar-refractivity contribution is -0.272. The molecule has 4 nitrogen and oxygen atoms in total. The molecule has 1 heterocycles. The summed E-state index contributed by atoms with van der Waals surface area (Å²) < 4.78 is 37.2. The SMILES string of the molecule is N#CCC(=O)N1CCC(O)(C(F)(F)F)CC1. The van der Waals surface area contributed by atoms with Gasteiger partial charge in [0.1, 0.15) is 6.42 Å². The number of piperidine rings is 1. The van der Waals surface area contributed by atoms with Gasteiger partial charge < -0.3 is 10.0 Å². The summed E-state index contributed by atoms with van der Waals surface area (Å²) in [7, 11) is 0. The fourth-order valence-electron chi connectivity index (χ4n) is 1.59. The summed E-state index contributed by atoms with van der Waals surface area (Å²) in [5.74, 6) is -0.494. The lowest BCUT2D eigenvalue weighted by Crippen LogP contribution is -2.54. The van der Waals surface area contributed by atoms with Crippen molar-refractivity contribution in [2.45, 2.75) is 31.0 Å². The first kappa shape index (κ1) is 12.8. The quantitative estimate of drug-likeness (QED) is 0.732. The Morgan fingerprint density at radius 2 is 1.94 bits per heavy atom. The van der Waals surface area contributed by atoms with Gasteiger partial charge in [-0.3, -0.25) is 4.79 Å². The molecule has 16 heavy (non-hydrogen) atoms. The number of halogens is 3. The van der Waals surface area contributed by atoms with Gasteiger partial charge in [0.15, 0.2) is 5.60 Å². The molecule has 0 aromatic carbocycles. The third kappa shape index (κ3) is 2.44. The molecule has 1 aliphatic heterocycles. The summed E-state index contributed by atoms with van der Waals surface area (Å²) in [4.78, 5) is 12.4. The Balaban J connectivity index is 2.58. The van der Waals surface area contributed by atoms with Crippen molar-refractivity contribution >= 4 is 5.91 Å². The van der Waals surface area contributed by atoms with E-state index in [2.05, 4.69) is 0 Å². The third-order valence-electron chi connectivity index (χ3n) is 2.70. The van der Waals surface area contributed by atoms with Gasteiger partial charge in [0, 0.05) is 25.9 Å². The molecular formula is C9H11F3N2O2. The normalized spacial score (nSPS) is 20.3. The molecule has 1 rings (SSSR count). The summed E-state index contributed by atoms with van der Waals surface area (Å²) in [5.41, 5.74) is -2.70. The van der Waals surface area contributed by atoms with Crippen LogP contribution in [-0.4, -0.2) is 40.8 Å². The minimum atomic E-state index is -4.67. The average Bonchev–Trinajstić information content (AvgIpc) is 2.17. The molecule has 0 atom stereocenters. The third-order valence-corrected chi connectivity index (χ3v) is 2.70. The second-order valence-corrected chi connectivity index (χ2v) is 3.75. The summed E-state index contributed by atoms with van der Waals surface area (Å²) in [5, 5.41) is 17.6. The van der Waals surface area contributed by atoms with Crippen LogP contribution in [-0.2, 0) is 4.79 Å². The van der Waals surface area contributed by atoms with Gasteiger partial charge in [-0.15, -0.1) is 0 Å². The molecule has 0 saturated carbocycles. The number of aliphatic hydroxyl groups is 1. The van der Waals surface area contributed by atoms with Crippen molar-refractivity contribution in [2.24, 2.45) is 0 Å². The molecule has 0 spiro atoms. The van der Waals surface area contributed by atoms with Crippen LogP contribution >= 0.6 is 0 Å². The standard InChI is InChI=1S/C9H11F3N2O2/c10-9(11,12)8(16)2-5-14(6-3-8)7(15)1-4-13/h16H,1-3,5-6H2. The van der Waals surface area contributed by atoms with E-state index in [4.69, 9.17) is 5.26 Å². The molecular weight excluding hydrogens is 225 g/mol. The molecule has 1 saturated heterocycles. The van der Waals surface area contributed by atoms with Gasteiger partial charge in [0.05, 0.1) is 6.07 Å². The molecule has 7 heteroatoms. The summed E-state index contributed by atoms with van der Waals surface area (Å²) in [6, 6.07) is 1.64. The number of hydrogen-bond donors (Lipinski definition) is 1. The van der Waals surface area contributed by atoms with Gasteiger partial charge >= 0.3 is 6.18 Å². The van der Waals surface area contributed by atoms with Crippen LogP contribution in [0.3, 0.4) is 0 Å². The van der Waals surface area contributed by atoms with Gasteiger partial charge in [-0.2, -0.15) is 18.4 Å². The van der Waals surface area contributed by atoms with Crippen molar-refractivity contribution in [3.8, 4) is 6.07 Å². The molecule has 1 fully saturated rings. The van der Waals surface area contributed by atoms with E-state index < -0.39 is 30.5 Å². The Labute approximate surface area is 90.3 Å². The average molecular weight is 236 g/mol. The zero-order valence-electron chi connectivity index (χ0n) is 8.42. The summed E-state index contributed by atoms with van der Waals surface area (Å²) in [6.07, 6.45) is -6.08. The van der Waals surface area contributed by atoms with Crippen LogP contribution in [0.15, 0.2) is 0 Å². The van der Waals surface area contributed by atoms with Crippen molar-refractivity contribution in [1.29, 1.82) is 5.26 Å². The molecule has 0 aliphatic carbocycles. The lowest BCUT2D eigenvalue weighted by atomic mass is 9.90. The van der Waals surface area contributed by atoms with E-state index >= 15 is 0 Å². The van der Waals surface area contributed by atoms with E-state index in [0.717, 1.165) is 0 Å². The second-order valence-electron chi connectivity index (χ2n) is 3.75. The summed E-state index contributed by atoms with van der Waals surface area (Å²) >= 11 is 0. The maximum atomic E-state index is 12.4. The molecule has 90 valence electrons. The predicted molar refractivity (Wildman–Crippen MR) is 47.0 cm³/mol. The van der Waals surface area contributed by atoms with E-state index in [1.807, 2.05) is 0 Å². The molecule has 0 unspecified atom stereocenters. The van der Waals surface area contributed by atoms with Gasteiger partial charge in [-0.1, -0.05) is 0 Å². The largest absolute Gasteiger partial charge is 0.417 e. The van der Waals surface area contributed by atoms with E-state index in [-0.39, 0.29) is 19.5 Å². The highest BCUT2D eigenvalue weighted by Gasteiger charge is 2.54. The van der Waals surface area contributed by atoms with Gasteiger partial charge in [-0.25, -0.2) is 0 Å². The first-order chi connectivity index (χ1) is 7.30. The highest BCUT2D eigenvalue weighted by Crippen LogP contribution is 2.38. The highest BCUT2D eigenvalue weighted by molar-refractivity contribution is 5.78. The number of rotatable bonds is 1. The van der Waals surface area contributed by atoms with Crippen molar-refractivity contribution < 1.29 is 23.1 Å². The molecule has 0 radical (unpaired) electrons. The maximum Gasteiger partial charge on any atom is 0.417 e. The number of likely N-dealkylation sites (tertiary alicyclic amines) is 1. The van der Waals surface area contributed by atoms with Crippen LogP contribution in [0.4, 0.5) is 13.2 Å². The second kappa shape index (κ2) is 4.29. The highest BCUT2D eigenvalue weighted by atomic mass is 19.4. The first-order valence-corrected chi connectivity index (χ1v) is 4.74. The van der Waals surface area contributed by atoms with Crippen molar-refractivity contribution in [3.05, 3.63) is 0 Å². The first-order valence-electron chi connectivity index (χ1n) is 4.74. The van der Waals surface area contributed by atoms with Crippen LogP contribution in [0.25, 0.3) is 0 Å². The molecule has 0 bridgehead atoms. The van der Waals surface area contributed by atoms with Gasteiger partial charge in [-0.05, 0) is 0 Å². The van der Waals surface area contributed by atoms with Crippen LogP contribution in [0.5, 0.6) is 0 Å². The molecule has 1 amide bonds. The van der Waals surface area contributed by atoms with Crippen molar-refractivity contribution in [3.63, 3.8) is 0 Å². The van der Waals surface area contributed by atoms with E-state index in [0.29, 0.717) is 0 Å². The van der Waals surface area contributed by atoms with E-state index in [9.17, 15) is 23.1 Å². The number of alkyl halides is 3. The van der Waals surface area contributed by atoms with Crippen molar-refractivity contribution in [2.75, 3.05) is 13.1 Å². The number of amides is 1. The Morgan fingerprint density at radius 1 is 1.44 bits per heavy atom. The topological polar surface area (TPSA) is 64.3 Å². The van der Waals surface area contributed by atoms with Gasteiger partial charge in [0.25, 0.3) is 0 Å². The fraction of sp³-hybridized carbons (Fsp3) is 0.778. The van der Waals surface area contributed by atoms with Crippen LogP contribution < -0.4 is 0 Å². The molecule has 1 aliphatic rings. The fourth-order valence-corrected chi connectivity index (χ4v) is 1.59. The summed E-state index contributed by atoms with van der Waals surface area (Å²) in [6.45, 7) is -0.340. The van der Waals surface area contributed by atoms with Crippen LogP contribution in [0.1, 0.15) is 19.3 Å². The Hall–Kier alpha value is -1.29. The zero-order chi connectivity index (χ0) is 12.4. The Morgan fingerprint density at radius 3 is 2.31 bits per heavy atom. The van der Waals surface area contributed by atoms with Crippen molar-refractivity contribution in [1.82, 2.24) is 4.90 Å². The van der Waals surface area contributed by atoms with E-state index in [1.165, 1.54) is 4.90 Å². The monoisotopic (exact) mass is 236 g/mol.